The summed E-state index contributed by atoms with van der Waals surface area (Å²) in [5.41, 5.74) is 0. The third-order valence-electron chi connectivity index (χ3n) is 2.02. The molecule has 0 aromatic rings. The summed E-state index contributed by atoms with van der Waals surface area (Å²) >= 11 is 0. The monoisotopic (exact) mass is 201 g/mol. The molecule has 0 rings (SSSR count). The average Bonchev–Trinajstić information content (AvgIpc) is 2.20. The lowest BCUT2D eigenvalue weighted by Gasteiger charge is -2.16. The predicted octanol–water partition coefficient (Wildman–Crippen LogP) is 2.10. The van der Waals surface area contributed by atoms with E-state index in [0.29, 0.717) is 19.3 Å². The zero-order valence-corrected chi connectivity index (χ0v) is 9.82. The van der Waals surface area contributed by atoms with Gasteiger partial charge in [-0.05, 0) is 26.0 Å². The third kappa shape index (κ3) is 6.92. The van der Waals surface area contributed by atoms with Gasteiger partial charge in [-0.15, -0.1) is 0 Å². The Morgan fingerprint density at radius 2 is 1.93 bits per heavy atom. The summed E-state index contributed by atoms with van der Waals surface area (Å²) in [6, 6.07) is 0. The van der Waals surface area contributed by atoms with Gasteiger partial charge in [-0.1, -0.05) is 13.0 Å². The zero-order valence-electron chi connectivity index (χ0n) is 9.82. The van der Waals surface area contributed by atoms with Crippen LogP contribution in [0.25, 0.3) is 0 Å². The summed E-state index contributed by atoms with van der Waals surface area (Å²) < 4.78 is 10.1. The van der Waals surface area contributed by atoms with E-state index in [4.69, 9.17) is 9.47 Å². The van der Waals surface area contributed by atoms with Crippen LogP contribution >= 0.6 is 0 Å². The molecule has 0 saturated carbocycles. The Kier molecular flexibility index (Phi) is 8.68. The first-order chi connectivity index (χ1) is 6.74. The van der Waals surface area contributed by atoms with E-state index >= 15 is 0 Å². The number of ether oxygens (including phenoxy) is 2. The first-order valence-electron chi connectivity index (χ1n) is 5.23. The molecule has 0 fully saturated rings. The van der Waals surface area contributed by atoms with E-state index in [-0.39, 0.29) is 0 Å². The molecule has 0 aromatic carbocycles. The molecule has 0 aliphatic rings. The van der Waals surface area contributed by atoms with Crippen molar-refractivity contribution in [1.82, 2.24) is 4.90 Å². The molecule has 14 heavy (non-hydrogen) atoms. The fourth-order valence-electron chi connectivity index (χ4n) is 1.08. The second-order valence-electron chi connectivity index (χ2n) is 3.32. The van der Waals surface area contributed by atoms with Gasteiger partial charge in [0.1, 0.15) is 6.79 Å². The van der Waals surface area contributed by atoms with E-state index in [2.05, 4.69) is 37.9 Å². The molecular formula is C11H23NO2. The molecule has 0 N–H and O–H groups in total. The largest absolute Gasteiger partial charge is 0.378 e. The Hall–Kier alpha value is -0.540. The molecule has 0 heterocycles. The van der Waals surface area contributed by atoms with Crippen LogP contribution in [0, 0.1) is 5.92 Å². The maximum Gasteiger partial charge on any atom is 0.146 e. The van der Waals surface area contributed by atoms with Crippen LogP contribution in [0.3, 0.4) is 0 Å². The van der Waals surface area contributed by atoms with Crippen molar-refractivity contribution >= 4 is 0 Å². The van der Waals surface area contributed by atoms with Crippen LogP contribution < -0.4 is 0 Å². The normalized spacial score (nSPS) is 13.4. The molecule has 0 spiro atoms. The summed E-state index contributed by atoms with van der Waals surface area (Å²) in [5, 5.41) is 0. The van der Waals surface area contributed by atoms with Crippen LogP contribution in [0.1, 0.15) is 20.8 Å². The van der Waals surface area contributed by atoms with Gasteiger partial charge in [0.25, 0.3) is 0 Å². The van der Waals surface area contributed by atoms with Crippen LogP contribution in [0.2, 0.25) is 0 Å². The third-order valence-corrected chi connectivity index (χ3v) is 2.02. The molecule has 0 saturated heterocycles. The molecule has 3 nitrogen and oxygen atoms in total. The van der Waals surface area contributed by atoms with Gasteiger partial charge in [0.2, 0.25) is 0 Å². The molecule has 0 aliphatic heterocycles. The van der Waals surface area contributed by atoms with E-state index in [1.807, 2.05) is 0 Å². The Morgan fingerprint density at radius 3 is 2.43 bits per heavy atom. The summed E-state index contributed by atoms with van der Waals surface area (Å²) in [5.74, 6) is 0.436. The molecule has 0 unspecified atom stereocenters. The number of hydrogen-bond acceptors (Lipinski definition) is 3. The van der Waals surface area contributed by atoms with E-state index in [0.717, 1.165) is 13.1 Å². The Bertz CT molecular complexity index is 144. The smallest absolute Gasteiger partial charge is 0.146 e. The fourth-order valence-corrected chi connectivity index (χ4v) is 1.08. The van der Waals surface area contributed by atoms with E-state index in [1.54, 1.807) is 7.11 Å². The molecule has 3 heteroatoms. The minimum atomic E-state index is 0.378. The molecule has 0 bridgehead atoms. The van der Waals surface area contributed by atoms with Gasteiger partial charge >= 0.3 is 0 Å². The standard InChI is InChI=1S/C11H23NO2/c1-5-12(6-2)8-7-11(3)9-14-10-13-4/h7-8,11H,5-6,9-10H2,1-4H3/t11-/m1/s1. The summed E-state index contributed by atoms with van der Waals surface area (Å²) in [6.07, 6.45) is 4.31. The predicted molar refractivity (Wildman–Crippen MR) is 59.1 cm³/mol. The minimum Gasteiger partial charge on any atom is -0.378 e. The topological polar surface area (TPSA) is 21.7 Å². The number of hydrogen-bond donors (Lipinski definition) is 0. The highest BCUT2D eigenvalue weighted by molar-refractivity contribution is 4.85. The second kappa shape index (κ2) is 9.03. The highest BCUT2D eigenvalue weighted by atomic mass is 16.7. The van der Waals surface area contributed by atoms with E-state index in [9.17, 15) is 0 Å². The number of methoxy groups -OCH3 is 1. The first-order valence-corrected chi connectivity index (χ1v) is 5.23. The van der Waals surface area contributed by atoms with Crippen molar-refractivity contribution in [2.75, 3.05) is 33.6 Å². The van der Waals surface area contributed by atoms with Gasteiger partial charge in [0, 0.05) is 20.2 Å². The van der Waals surface area contributed by atoms with Crippen LogP contribution in [-0.4, -0.2) is 38.5 Å². The highest BCUT2D eigenvalue weighted by Crippen LogP contribution is 2.00. The van der Waals surface area contributed by atoms with Crippen LogP contribution in [-0.2, 0) is 9.47 Å². The Labute approximate surface area is 87.7 Å². The first kappa shape index (κ1) is 13.5. The molecule has 1 atom stereocenters. The van der Waals surface area contributed by atoms with Crippen molar-refractivity contribution in [2.24, 2.45) is 5.92 Å². The Balaban J connectivity index is 3.62. The summed E-state index contributed by atoms with van der Waals surface area (Å²) in [6.45, 7) is 9.64. The Morgan fingerprint density at radius 1 is 1.29 bits per heavy atom. The molecule has 0 aliphatic carbocycles. The maximum atomic E-state index is 5.25. The lowest BCUT2D eigenvalue weighted by molar-refractivity contribution is -0.0372. The summed E-state index contributed by atoms with van der Waals surface area (Å²) in [4.78, 5) is 2.26. The van der Waals surface area contributed by atoms with Crippen molar-refractivity contribution in [3.8, 4) is 0 Å². The molecular weight excluding hydrogens is 178 g/mol. The van der Waals surface area contributed by atoms with Crippen LogP contribution in [0.5, 0.6) is 0 Å². The van der Waals surface area contributed by atoms with Crippen molar-refractivity contribution in [3.05, 3.63) is 12.3 Å². The summed E-state index contributed by atoms with van der Waals surface area (Å²) in [7, 11) is 1.64. The van der Waals surface area contributed by atoms with Gasteiger partial charge < -0.3 is 14.4 Å². The van der Waals surface area contributed by atoms with Crippen molar-refractivity contribution in [1.29, 1.82) is 0 Å². The van der Waals surface area contributed by atoms with Crippen molar-refractivity contribution in [2.45, 2.75) is 20.8 Å². The van der Waals surface area contributed by atoms with Gasteiger partial charge in [-0.3, -0.25) is 0 Å². The quantitative estimate of drug-likeness (QED) is 0.443. The molecule has 0 aromatic heterocycles. The second-order valence-corrected chi connectivity index (χ2v) is 3.32. The molecule has 0 radical (unpaired) electrons. The SMILES string of the molecule is CCN(C=C[C@@H](C)COCOC)CC. The van der Waals surface area contributed by atoms with Gasteiger partial charge in [-0.25, -0.2) is 0 Å². The lowest BCUT2D eigenvalue weighted by atomic mass is 10.2. The maximum absolute atomic E-state index is 5.25. The van der Waals surface area contributed by atoms with Crippen LogP contribution in [0.4, 0.5) is 0 Å². The average molecular weight is 201 g/mol. The van der Waals surface area contributed by atoms with Crippen molar-refractivity contribution in [3.63, 3.8) is 0 Å². The van der Waals surface area contributed by atoms with Gasteiger partial charge in [0.15, 0.2) is 0 Å². The fraction of sp³-hybridized carbons (Fsp3) is 0.818. The van der Waals surface area contributed by atoms with Crippen molar-refractivity contribution < 1.29 is 9.47 Å². The number of rotatable bonds is 8. The van der Waals surface area contributed by atoms with Gasteiger partial charge in [0.05, 0.1) is 6.61 Å². The zero-order chi connectivity index (χ0) is 10.8. The van der Waals surface area contributed by atoms with E-state index < -0.39 is 0 Å². The van der Waals surface area contributed by atoms with E-state index in [1.165, 1.54) is 0 Å². The highest BCUT2D eigenvalue weighted by Gasteiger charge is 1.97. The minimum absolute atomic E-state index is 0.378. The lowest BCUT2D eigenvalue weighted by Crippen LogP contribution is -2.16. The number of nitrogens with zero attached hydrogens (tertiary/aromatic N) is 1. The molecule has 84 valence electrons. The van der Waals surface area contributed by atoms with Gasteiger partial charge in [-0.2, -0.15) is 0 Å². The van der Waals surface area contributed by atoms with Crippen LogP contribution in [0.15, 0.2) is 12.3 Å². The molecule has 0 amide bonds.